The highest BCUT2D eigenvalue weighted by molar-refractivity contribution is 7.92. The molecule has 0 saturated heterocycles. The van der Waals surface area contributed by atoms with Gasteiger partial charge in [-0.15, -0.1) is 0 Å². The lowest BCUT2D eigenvalue weighted by molar-refractivity contribution is -0.139. The Morgan fingerprint density at radius 3 is 2.45 bits per heavy atom. The first-order chi connectivity index (χ1) is 13.9. The van der Waals surface area contributed by atoms with Crippen molar-refractivity contribution in [2.24, 2.45) is 0 Å². The minimum atomic E-state index is -3.55. The molecule has 6 nitrogen and oxygen atoms in total. The Morgan fingerprint density at radius 2 is 1.69 bits per heavy atom. The summed E-state index contributed by atoms with van der Waals surface area (Å²) in [6.07, 6.45) is 2.03. The molecule has 0 bridgehead atoms. The van der Waals surface area contributed by atoms with Crippen molar-refractivity contribution in [3.05, 3.63) is 83.3 Å². The summed E-state index contributed by atoms with van der Waals surface area (Å²) in [5, 5.41) is 11.7. The standard InChI is InChI=1S/C22H21NO5S/c24-22(25)16-28-21-11-5-9-19-18(8-4-10-20(19)21)12-14-23-29(26,27)15-13-17-6-2-1-3-7-17/h1-11,13,15,23H,12,14,16H2,(H,24,25). The van der Waals surface area contributed by atoms with Crippen molar-refractivity contribution < 1.29 is 23.1 Å². The highest BCUT2D eigenvalue weighted by Crippen LogP contribution is 2.28. The number of hydrogen-bond donors (Lipinski definition) is 2. The van der Waals surface area contributed by atoms with Crippen LogP contribution in [0.15, 0.2) is 72.1 Å². The summed E-state index contributed by atoms with van der Waals surface area (Å²) in [6, 6.07) is 20.2. The third-order valence-electron chi connectivity index (χ3n) is 4.26. The summed E-state index contributed by atoms with van der Waals surface area (Å²) in [6.45, 7) is -0.183. The fourth-order valence-electron chi connectivity index (χ4n) is 2.94. The van der Waals surface area contributed by atoms with Crippen molar-refractivity contribution in [3.63, 3.8) is 0 Å². The number of fused-ring (bicyclic) bond motifs is 1. The van der Waals surface area contributed by atoms with E-state index in [1.54, 1.807) is 18.2 Å². The van der Waals surface area contributed by atoms with E-state index in [-0.39, 0.29) is 6.54 Å². The number of aliphatic carboxylic acids is 1. The molecule has 0 atom stereocenters. The van der Waals surface area contributed by atoms with Crippen molar-refractivity contribution in [3.8, 4) is 5.75 Å². The zero-order chi connectivity index (χ0) is 20.7. The lowest BCUT2D eigenvalue weighted by atomic mass is 10.0. The zero-order valence-electron chi connectivity index (χ0n) is 15.6. The SMILES string of the molecule is O=C(O)COc1cccc2c(CCNS(=O)(=O)C=Cc3ccccc3)cccc12. The van der Waals surface area contributed by atoms with E-state index in [9.17, 15) is 13.2 Å². The maximum absolute atomic E-state index is 12.2. The first-order valence-corrected chi connectivity index (χ1v) is 10.6. The number of ether oxygens (including phenoxy) is 1. The Balaban J connectivity index is 1.68. The van der Waals surface area contributed by atoms with E-state index < -0.39 is 22.6 Å². The van der Waals surface area contributed by atoms with Crippen LogP contribution >= 0.6 is 0 Å². The number of carboxylic acid groups (broad SMARTS) is 1. The molecule has 2 N–H and O–H groups in total. The summed E-state index contributed by atoms with van der Waals surface area (Å²) in [5.74, 6) is -0.561. The van der Waals surface area contributed by atoms with Crippen LogP contribution in [0.3, 0.4) is 0 Å². The van der Waals surface area contributed by atoms with Crippen LogP contribution in [0.1, 0.15) is 11.1 Å². The van der Waals surface area contributed by atoms with Crippen LogP contribution in [-0.4, -0.2) is 32.6 Å². The summed E-state index contributed by atoms with van der Waals surface area (Å²) in [7, 11) is -3.55. The number of nitrogens with one attached hydrogen (secondary N) is 1. The van der Waals surface area contributed by atoms with E-state index in [4.69, 9.17) is 9.84 Å². The first kappa shape index (κ1) is 20.6. The van der Waals surface area contributed by atoms with Crippen LogP contribution in [-0.2, 0) is 21.2 Å². The lowest BCUT2D eigenvalue weighted by Crippen LogP contribution is -2.23. The minimum absolute atomic E-state index is 0.237. The average molecular weight is 411 g/mol. The molecule has 3 aromatic carbocycles. The number of sulfonamides is 1. The quantitative estimate of drug-likeness (QED) is 0.563. The molecule has 0 radical (unpaired) electrons. The lowest BCUT2D eigenvalue weighted by Gasteiger charge is -2.11. The van der Waals surface area contributed by atoms with Crippen molar-refractivity contribution in [1.82, 2.24) is 4.72 Å². The van der Waals surface area contributed by atoms with Gasteiger partial charge in [0.05, 0.1) is 0 Å². The zero-order valence-corrected chi connectivity index (χ0v) is 16.4. The molecule has 0 aliphatic rings. The van der Waals surface area contributed by atoms with Gasteiger partial charge in [-0.05, 0) is 35.1 Å². The Kier molecular flexibility index (Phi) is 6.64. The Morgan fingerprint density at radius 1 is 0.966 bits per heavy atom. The van der Waals surface area contributed by atoms with Crippen LogP contribution in [0.2, 0.25) is 0 Å². The van der Waals surface area contributed by atoms with Crippen LogP contribution in [0.5, 0.6) is 5.75 Å². The number of benzene rings is 3. The second kappa shape index (κ2) is 9.36. The normalized spacial score (nSPS) is 11.7. The van der Waals surface area contributed by atoms with Crippen molar-refractivity contribution in [1.29, 1.82) is 0 Å². The molecular weight excluding hydrogens is 390 g/mol. The van der Waals surface area contributed by atoms with Crippen LogP contribution in [0.25, 0.3) is 16.8 Å². The molecule has 0 spiro atoms. The molecule has 150 valence electrons. The molecule has 0 aliphatic heterocycles. The molecule has 0 amide bonds. The van der Waals surface area contributed by atoms with Crippen molar-refractivity contribution >= 4 is 32.8 Å². The predicted octanol–water partition coefficient (Wildman–Crippen LogP) is 3.44. The number of carboxylic acids is 1. The summed E-state index contributed by atoms with van der Waals surface area (Å²) < 4.78 is 32.3. The van der Waals surface area contributed by atoms with Crippen LogP contribution < -0.4 is 9.46 Å². The molecule has 3 rings (SSSR count). The average Bonchev–Trinajstić information content (AvgIpc) is 2.71. The van der Waals surface area contributed by atoms with Gasteiger partial charge in [-0.25, -0.2) is 17.9 Å². The molecular formula is C22H21NO5S. The molecule has 0 saturated carbocycles. The number of hydrogen-bond acceptors (Lipinski definition) is 4. The van der Waals surface area contributed by atoms with E-state index in [2.05, 4.69) is 4.72 Å². The summed E-state index contributed by atoms with van der Waals surface area (Å²) >= 11 is 0. The fraction of sp³-hybridized carbons (Fsp3) is 0.136. The smallest absolute Gasteiger partial charge is 0.341 e. The highest BCUT2D eigenvalue weighted by atomic mass is 32.2. The fourth-order valence-corrected chi connectivity index (χ4v) is 3.76. The van der Waals surface area contributed by atoms with Crippen LogP contribution in [0.4, 0.5) is 0 Å². The third-order valence-corrected chi connectivity index (χ3v) is 5.36. The molecule has 0 aliphatic carbocycles. The van der Waals surface area contributed by atoms with Gasteiger partial charge < -0.3 is 9.84 Å². The monoisotopic (exact) mass is 411 g/mol. The van der Waals surface area contributed by atoms with Gasteiger partial charge in [-0.3, -0.25) is 0 Å². The second-order valence-electron chi connectivity index (χ2n) is 6.35. The number of rotatable bonds is 9. The van der Waals surface area contributed by atoms with Gasteiger partial charge in [0.15, 0.2) is 6.61 Å². The predicted molar refractivity (Wildman–Crippen MR) is 113 cm³/mol. The largest absolute Gasteiger partial charge is 0.481 e. The summed E-state index contributed by atoms with van der Waals surface area (Å²) in [4.78, 5) is 10.8. The van der Waals surface area contributed by atoms with Crippen LogP contribution in [0, 0.1) is 0 Å². The Hall–Kier alpha value is -3.16. The van der Waals surface area contributed by atoms with Crippen molar-refractivity contribution in [2.45, 2.75) is 6.42 Å². The van der Waals surface area contributed by atoms with Crippen molar-refractivity contribution in [2.75, 3.05) is 13.2 Å². The van der Waals surface area contributed by atoms with E-state index in [1.165, 1.54) is 0 Å². The molecule has 0 fully saturated rings. The van der Waals surface area contributed by atoms with Gasteiger partial charge in [0, 0.05) is 17.3 Å². The van der Waals surface area contributed by atoms with Gasteiger partial charge in [0.2, 0.25) is 10.0 Å². The van der Waals surface area contributed by atoms with E-state index in [0.717, 1.165) is 27.3 Å². The van der Waals surface area contributed by atoms with E-state index in [1.807, 2.05) is 54.6 Å². The molecule has 29 heavy (non-hydrogen) atoms. The maximum atomic E-state index is 12.2. The molecule has 0 heterocycles. The number of carbonyl (C=O) groups is 1. The first-order valence-electron chi connectivity index (χ1n) is 9.03. The van der Waals surface area contributed by atoms with Gasteiger partial charge in [-0.2, -0.15) is 0 Å². The van der Waals surface area contributed by atoms with Gasteiger partial charge in [0.1, 0.15) is 5.75 Å². The molecule has 0 aromatic heterocycles. The highest BCUT2D eigenvalue weighted by Gasteiger charge is 2.09. The van der Waals surface area contributed by atoms with Gasteiger partial charge >= 0.3 is 5.97 Å². The van der Waals surface area contributed by atoms with Gasteiger partial charge in [0.25, 0.3) is 0 Å². The van der Waals surface area contributed by atoms with E-state index >= 15 is 0 Å². The minimum Gasteiger partial charge on any atom is -0.481 e. The second-order valence-corrected chi connectivity index (χ2v) is 8.00. The molecule has 7 heteroatoms. The maximum Gasteiger partial charge on any atom is 0.341 e. The Bertz CT molecular complexity index is 1120. The molecule has 3 aromatic rings. The third kappa shape index (κ3) is 5.91. The van der Waals surface area contributed by atoms with E-state index in [0.29, 0.717) is 12.2 Å². The molecule has 0 unspecified atom stereocenters. The Labute approximate surface area is 169 Å². The summed E-state index contributed by atoms with van der Waals surface area (Å²) in [5.41, 5.74) is 1.75. The topological polar surface area (TPSA) is 92.7 Å². The van der Waals surface area contributed by atoms with Gasteiger partial charge in [-0.1, -0.05) is 60.7 Å².